The monoisotopic (exact) mass is 394 g/mol. The van der Waals surface area contributed by atoms with Crippen molar-refractivity contribution in [1.29, 1.82) is 0 Å². The lowest BCUT2D eigenvalue weighted by Crippen LogP contribution is -2.61. The average Bonchev–Trinajstić information content (AvgIpc) is 2.81. The minimum Gasteiger partial charge on any atom is -0.497 e. The zero-order chi connectivity index (χ0) is 20.9. The van der Waals surface area contributed by atoms with Gasteiger partial charge in [-0.15, -0.1) is 0 Å². The van der Waals surface area contributed by atoms with Gasteiger partial charge in [-0.25, -0.2) is 4.85 Å². The minimum atomic E-state index is -0.159. The highest BCUT2D eigenvalue weighted by molar-refractivity contribution is 6.04. The van der Waals surface area contributed by atoms with E-state index in [0.29, 0.717) is 12.1 Å². The maximum atomic E-state index is 13.1. The maximum Gasteiger partial charge on any atom is 0.233 e. The number of carbonyl (C=O) groups is 1. The lowest BCUT2D eigenvalue weighted by Gasteiger charge is -2.46. The molecule has 3 aromatic rings. The minimum absolute atomic E-state index is 0.0531. The van der Waals surface area contributed by atoms with E-state index < -0.39 is 0 Å². The fourth-order valence-corrected chi connectivity index (χ4v) is 3.82. The number of methoxy groups -OCH3 is 1. The maximum absolute atomic E-state index is 13.1. The summed E-state index contributed by atoms with van der Waals surface area (Å²) in [7, 11) is 1.63. The molecule has 1 fully saturated rings. The second-order valence-corrected chi connectivity index (χ2v) is 7.26. The van der Waals surface area contributed by atoms with E-state index in [0.717, 1.165) is 22.6 Å². The van der Waals surface area contributed by atoms with Crippen LogP contribution in [-0.2, 0) is 11.2 Å². The molecule has 1 aliphatic rings. The molecular formula is C26H22N2O2. The normalized spacial score (nSPS) is 18.1. The van der Waals surface area contributed by atoms with Gasteiger partial charge in [-0.05, 0) is 36.2 Å². The molecule has 4 nitrogen and oxygen atoms in total. The zero-order valence-corrected chi connectivity index (χ0v) is 16.7. The Hall–Kier alpha value is -3.84. The molecule has 0 N–H and O–H groups in total. The van der Waals surface area contributed by atoms with Crippen LogP contribution in [0.2, 0.25) is 0 Å². The Bertz CT molecular complexity index is 1100. The van der Waals surface area contributed by atoms with Gasteiger partial charge in [0.15, 0.2) is 5.69 Å². The van der Waals surface area contributed by atoms with Crippen LogP contribution in [0.4, 0.5) is 11.4 Å². The topological polar surface area (TPSA) is 33.9 Å². The van der Waals surface area contributed by atoms with Gasteiger partial charge in [-0.2, -0.15) is 0 Å². The molecule has 0 radical (unpaired) electrons. The molecule has 0 bridgehead atoms. The number of rotatable bonds is 6. The van der Waals surface area contributed by atoms with Crippen LogP contribution in [0.15, 0.2) is 84.9 Å². The SMILES string of the molecule is [C-]#[N+]c1cccc(C[C@H]2C(=O)N(c3ccc(OC)cc3)C2C=Cc2ccccc2)c1. The molecular weight excluding hydrogens is 372 g/mol. The number of benzene rings is 3. The summed E-state index contributed by atoms with van der Waals surface area (Å²) >= 11 is 0. The quantitative estimate of drug-likeness (QED) is 0.407. The molecule has 0 saturated carbocycles. The Morgan fingerprint density at radius 2 is 1.80 bits per heavy atom. The third kappa shape index (κ3) is 3.97. The van der Waals surface area contributed by atoms with Crippen LogP contribution >= 0.6 is 0 Å². The summed E-state index contributed by atoms with van der Waals surface area (Å²) in [6.45, 7) is 7.23. The van der Waals surface area contributed by atoms with E-state index in [1.54, 1.807) is 13.2 Å². The van der Waals surface area contributed by atoms with Crippen molar-refractivity contribution in [2.24, 2.45) is 5.92 Å². The van der Waals surface area contributed by atoms with E-state index in [9.17, 15) is 4.79 Å². The highest BCUT2D eigenvalue weighted by Gasteiger charge is 2.46. The Labute approximate surface area is 176 Å². The van der Waals surface area contributed by atoms with Crippen molar-refractivity contribution in [3.63, 3.8) is 0 Å². The van der Waals surface area contributed by atoms with E-state index >= 15 is 0 Å². The molecule has 0 spiro atoms. The van der Waals surface area contributed by atoms with Gasteiger partial charge in [-0.1, -0.05) is 72.3 Å². The second-order valence-electron chi connectivity index (χ2n) is 7.26. The number of anilines is 1. The molecule has 1 aliphatic heterocycles. The molecule has 4 heteroatoms. The summed E-state index contributed by atoms with van der Waals surface area (Å²) in [6, 6.07) is 25.1. The number of β-lactam (4-membered cyclic amide) rings is 1. The molecule has 1 amide bonds. The van der Waals surface area contributed by atoms with Crippen molar-refractivity contribution in [1.82, 2.24) is 0 Å². The standard InChI is InChI=1S/C26H22N2O2/c1-27-21-10-6-9-20(17-21)18-24-25(16-11-19-7-4-3-5-8-19)28(26(24)29)22-12-14-23(30-2)15-13-22/h3-17,24-25H,18H2,2H3/t24-,25?/m1/s1. The first-order chi connectivity index (χ1) is 14.7. The highest BCUT2D eigenvalue weighted by atomic mass is 16.5. The Morgan fingerprint density at radius 3 is 2.50 bits per heavy atom. The fourth-order valence-electron chi connectivity index (χ4n) is 3.82. The number of carbonyl (C=O) groups excluding carboxylic acids is 1. The average molecular weight is 394 g/mol. The van der Waals surface area contributed by atoms with Crippen LogP contribution in [0.1, 0.15) is 11.1 Å². The molecule has 0 aromatic heterocycles. The summed E-state index contributed by atoms with van der Waals surface area (Å²) in [5, 5.41) is 0. The largest absolute Gasteiger partial charge is 0.497 e. The van der Waals surface area contributed by atoms with Gasteiger partial charge in [0.25, 0.3) is 0 Å². The predicted octanol–water partition coefficient (Wildman–Crippen LogP) is 5.53. The second kappa shape index (κ2) is 8.67. The van der Waals surface area contributed by atoms with Gasteiger partial charge in [0.05, 0.1) is 25.6 Å². The molecule has 1 heterocycles. The Balaban J connectivity index is 1.62. The van der Waals surface area contributed by atoms with Gasteiger partial charge in [0.1, 0.15) is 5.75 Å². The van der Waals surface area contributed by atoms with Gasteiger partial charge in [0.2, 0.25) is 5.91 Å². The summed E-state index contributed by atoms with van der Waals surface area (Å²) in [4.78, 5) is 18.4. The molecule has 2 atom stereocenters. The van der Waals surface area contributed by atoms with Crippen molar-refractivity contribution in [3.8, 4) is 5.75 Å². The molecule has 0 aliphatic carbocycles. The third-order valence-electron chi connectivity index (χ3n) is 5.40. The van der Waals surface area contributed by atoms with Gasteiger partial charge in [0, 0.05) is 5.69 Å². The van der Waals surface area contributed by atoms with Crippen LogP contribution in [0.3, 0.4) is 0 Å². The summed E-state index contributed by atoms with van der Waals surface area (Å²) in [5.74, 6) is 0.694. The van der Waals surface area contributed by atoms with Gasteiger partial charge in [-0.3, -0.25) is 4.79 Å². The van der Waals surface area contributed by atoms with Crippen LogP contribution in [-0.4, -0.2) is 19.1 Å². The van der Waals surface area contributed by atoms with Crippen molar-refractivity contribution in [3.05, 3.63) is 107 Å². The van der Waals surface area contributed by atoms with Crippen LogP contribution in [0, 0.1) is 12.5 Å². The van der Waals surface area contributed by atoms with E-state index in [-0.39, 0.29) is 17.9 Å². The Morgan fingerprint density at radius 1 is 1.03 bits per heavy atom. The molecule has 1 unspecified atom stereocenters. The highest BCUT2D eigenvalue weighted by Crippen LogP contribution is 2.37. The molecule has 148 valence electrons. The lowest BCUT2D eigenvalue weighted by atomic mass is 9.81. The van der Waals surface area contributed by atoms with Crippen molar-refractivity contribution < 1.29 is 9.53 Å². The van der Waals surface area contributed by atoms with Crippen molar-refractivity contribution in [2.75, 3.05) is 12.0 Å². The van der Waals surface area contributed by atoms with Gasteiger partial charge >= 0.3 is 0 Å². The third-order valence-corrected chi connectivity index (χ3v) is 5.40. The first-order valence-corrected chi connectivity index (χ1v) is 9.86. The van der Waals surface area contributed by atoms with Crippen LogP contribution in [0.25, 0.3) is 10.9 Å². The number of ether oxygens (including phenoxy) is 1. The van der Waals surface area contributed by atoms with Crippen LogP contribution in [0.5, 0.6) is 5.75 Å². The van der Waals surface area contributed by atoms with Crippen LogP contribution < -0.4 is 9.64 Å². The van der Waals surface area contributed by atoms with E-state index in [2.05, 4.69) is 17.0 Å². The zero-order valence-electron chi connectivity index (χ0n) is 16.7. The summed E-state index contributed by atoms with van der Waals surface area (Å²) in [6.07, 6.45) is 4.78. The van der Waals surface area contributed by atoms with E-state index in [4.69, 9.17) is 11.3 Å². The van der Waals surface area contributed by atoms with E-state index in [1.165, 1.54) is 0 Å². The molecule has 3 aromatic carbocycles. The fraction of sp³-hybridized carbons (Fsp3) is 0.154. The smallest absolute Gasteiger partial charge is 0.233 e. The van der Waals surface area contributed by atoms with E-state index in [1.807, 2.05) is 77.7 Å². The number of amides is 1. The first kappa shape index (κ1) is 19.5. The predicted molar refractivity (Wildman–Crippen MR) is 120 cm³/mol. The molecule has 4 rings (SSSR count). The number of hydrogen-bond donors (Lipinski definition) is 0. The first-order valence-electron chi connectivity index (χ1n) is 9.86. The summed E-state index contributed by atoms with van der Waals surface area (Å²) < 4.78 is 5.24. The number of nitrogens with zero attached hydrogens (tertiary/aromatic N) is 2. The molecule has 1 saturated heterocycles. The lowest BCUT2D eigenvalue weighted by molar-refractivity contribution is -0.128. The summed E-state index contributed by atoms with van der Waals surface area (Å²) in [5.41, 5.74) is 3.56. The van der Waals surface area contributed by atoms with Crippen molar-refractivity contribution >= 4 is 23.4 Å². The number of hydrogen-bond acceptors (Lipinski definition) is 2. The van der Waals surface area contributed by atoms with Crippen molar-refractivity contribution in [2.45, 2.75) is 12.5 Å². The molecule has 30 heavy (non-hydrogen) atoms. The van der Waals surface area contributed by atoms with Gasteiger partial charge < -0.3 is 9.64 Å². The Kier molecular flexibility index (Phi) is 5.63.